The molecule has 0 heterocycles. The lowest BCUT2D eigenvalue weighted by molar-refractivity contribution is -0.0453. The van der Waals surface area contributed by atoms with Crippen molar-refractivity contribution >= 4 is 6.16 Å². The van der Waals surface area contributed by atoms with Gasteiger partial charge >= 0.3 is 6.16 Å². The van der Waals surface area contributed by atoms with E-state index in [1.54, 1.807) is 14.2 Å². The highest BCUT2D eigenvalue weighted by Gasteiger charge is 2.16. The molecule has 0 amide bonds. The van der Waals surface area contributed by atoms with Gasteiger partial charge in [-0.3, -0.25) is 0 Å². The molecule has 0 saturated heterocycles. The van der Waals surface area contributed by atoms with Crippen molar-refractivity contribution in [1.29, 1.82) is 0 Å². The molecule has 0 N–H and O–H groups in total. The molecule has 102 valence electrons. The Morgan fingerprint density at radius 1 is 1.00 bits per heavy atom. The highest BCUT2D eigenvalue weighted by molar-refractivity contribution is 5.60. The second-order valence-corrected chi connectivity index (χ2v) is 3.48. The molecule has 17 heavy (non-hydrogen) atoms. The topological polar surface area (TPSA) is 63.2 Å². The largest absolute Gasteiger partial charge is 0.508 e. The zero-order valence-electron chi connectivity index (χ0n) is 10.9. The van der Waals surface area contributed by atoms with E-state index in [0.717, 1.165) is 0 Å². The SMILES string of the molecule is CCC(COC)OC(=O)OCC(COC)OC. The van der Waals surface area contributed by atoms with Crippen LogP contribution >= 0.6 is 0 Å². The van der Waals surface area contributed by atoms with E-state index in [2.05, 4.69) is 0 Å². The minimum absolute atomic E-state index is 0.104. The van der Waals surface area contributed by atoms with E-state index in [4.69, 9.17) is 23.7 Å². The Labute approximate surface area is 102 Å². The Morgan fingerprint density at radius 2 is 1.59 bits per heavy atom. The maximum atomic E-state index is 11.3. The molecule has 6 nitrogen and oxygen atoms in total. The van der Waals surface area contributed by atoms with Crippen molar-refractivity contribution in [2.24, 2.45) is 0 Å². The Balaban J connectivity index is 3.83. The van der Waals surface area contributed by atoms with Gasteiger partial charge in [0, 0.05) is 21.3 Å². The molecule has 0 rings (SSSR count). The summed E-state index contributed by atoms with van der Waals surface area (Å²) in [5, 5.41) is 0. The van der Waals surface area contributed by atoms with Crippen molar-refractivity contribution in [2.75, 3.05) is 41.2 Å². The molecule has 0 fully saturated rings. The third-order valence-electron chi connectivity index (χ3n) is 2.14. The van der Waals surface area contributed by atoms with Crippen LogP contribution < -0.4 is 0 Å². The summed E-state index contributed by atoms with van der Waals surface area (Å²) < 4.78 is 24.8. The first-order valence-corrected chi connectivity index (χ1v) is 5.51. The first-order chi connectivity index (χ1) is 8.17. The van der Waals surface area contributed by atoms with Crippen molar-refractivity contribution in [1.82, 2.24) is 0 Å². The maximum absolute atomic E-state index is 11.3. The molecule has 0 saturated carbocycles. The number of carbonyl (C=O) groups is 1. The predicted octanol–water partition coefficient (Wildman–Crippen LogP) is 1.23. The summed E-state index contributed by atoms with van der Waals surface area (Å²) in [6.07, 6.45) is -0.604. The van der Waals surface area contributed by atoms with Gasteiger partial charge in [0.1, 0.15) is 18.8 Å². The first-order valence-electron chi connectivity index (χ1n) is 5.51. The molecule has 0 radical (unpaired) electrons. The van der Waals surface area contributed by atoms with Gasteiger partial charge in [-0.25, -0.2) is 4.79 Å². The van der Waals surface area contributed by atoms with Crippen LogP contribution in [0.25, 0.3) is 0 Å². The molecule has 2 atom stereocenters. The minimum atomic E-state index is -0.716. The quantitative estimate of drug-likeness (QED) is 0.573. The first kappa shape index (κ1) is 16.1. The molecule has 0 aromatic heterocycles. The third kappa shape index (κ3) is 7.95. The van der Waals surface area contributed by atoms with Crippen LogP contribution in [-0.2, 0) is 23.7 Å². The molecule has 0 aliphatic rings. The van der Waals surface area contributed by atoms with E-state index in [1.165, 1.54) is 7.11 Å². The number of methoxy groups -OCH3 is 3. The molecular formula is C11H22O6. The van der Waals surface area contributed by atoms with Gasteiger partial charge in [-0.1, -0.05) is 6.92 Å². The summed E-state index contributed by atoms with van der Waals surface area (Å²) in [7, 11) is 4.63. The monoisotopic (exact) mass is 250 g/mol. The van der Waals surface area contributed by atoms with Crippen LogP contribution in [0.5, 0.6) is 0 Å². The van der Waals surface area contributed by atoms with Crippen LogP contribution in [0.1, 0.15) is 13.3 Å². The van der Waals surface area contributed by atoms with Crippen LogP contribution in [0.4, 0.5) is 4.79 Å². The van der Waals surface area contributed by atoms with E-state index in [0.29, 0.717) is 19.6 Å². The molecule has 0 bridgehead atoms. The second kappa shape index (κ2) is 10.3. The number of hydrogen-bond donors (Lipinski definition) is 0. The lowest BCUT2D eigenvalue weighted by atomic mass is 10.3. The summed E-state index contributed by atoms with van der Waals surface area (Å²) in [6, 6.07) is 0. The number of ether oxygens (including phenoxy) is 5. The molecule has 0 aromatic carbocycles. The average molecular weight is 250 g/mol. The summed E-state index contributed by atoms with van der Waals surface area (Å²) in [6.45, 7) is 2.73. The van der Waals surface area contributed by atoms with Gasteiger partial charge in [-0.05, 0) is 6.42 Å². The third-order valence-corrected chi connectivity index (χ3v) is 2.14. The summed E-state index contributed by atoms with van der Waals surface area (Å²) in [5.74, 6) is 0. The Hall–Kier alpha value is -0.850. The van der Waals surface area contributed by atoms with Crippen molar-refractivity contribution < 1.29 is 28.5 Å². The van der Waals surface area contributed by atoms with Gasteiger partial charge in [0.25, 0.3) is 0 Å². The van der Waals surface area contributed by atoms with E-state index in [1.807, 2.05) is 6.92 Å². The van der Waals surface area contributed by atoms with E-state index in [9.17, 15) is 4.79 Å². The van der Waals surface area contributed by atoms with Gasteiger partial charge in [0.2, 0.25) is 0 Å². The normalized spacial score (nSPS) is 14.1. The standard InChI is InChI=1S/C11H22O6/c1-5-9(6-13-2)17-11(12)16-8-10(15-4)7-14-3/h9-10H,5-8H2,1-4H3. The zero-order valence-corrected chi connectivity index (χ0v) is 10.9. The van der Waals surface area contributed by atoms with Crippen molar-refractivity contribution in [3.8, 4) is 0 Å². The minimum Gasteiger partial charge on any atom is -0.431 e. The second-order valence-electron chi connectivity index (χ2n) is 3.48. The Kier molecular flexibility index (Phi) is 9.80. The Morgan fingerprint density at radius 3 is 2.06 bits per heavy atom. The van der Waals surface area contributed by atoms with Crippen LogP contribution in [-0.4, -0.2) is 59.5 Å². The predicted molar refractivity (Wildman–Crippen MR) is 61.1 cm³/mol. The van der Waals surface area contributed by atoms with Crippen molar-refractivity contribution in [3.63, 3.8) is 0 Å². The van der Waals surface area contributed by atoms with Crippen LogP contribution in [0.2, 0.25) is 0 Å². The zero-order chi connectivity index (χ0) is 13.1. The highest BCUT2D eigenvalue weighted by Crippen LogP contribution is 2.02. The molecular weight excluding hydrogens is 228 g/mol. The summed E-state index contributed by atoms with van der Waals surface area (Å²) in [5.41, 5.74) is 0. The summed E-state index contributed by atoms with van der Waals surface area (Å²) in [4.78, 5) is 11.3. The van der Waals surface area contributed by atoms with Gasteiger partial charge in [0.15, 0.2) is 0 Å². The van der Waals surface area contributed by atoms with E-state index < -0.39 is 6.16 Å². The highest BCUT2D eigenvalue weighted by atomic mass is 16.7. The van der Waals surface area contributed by atoms with Crippen LogP contribution in [0.3, 0.4) is 0 Å². The molecule has 0 aliphatic carbocycles. The number of carbonyl (C=O) groups excluding carboxylic acids is 1. The maximum Gasteiger partial charge on any atom is 0.508 e. The van der Waals surface area contributed by atoms with E-state index >= 15 is 0 Å². The molecule has 0 aliphatic heterocycles. The van der Waals surface area contributed by atoms with Gasteiger partial charge in [-0.2, -0.15) is 0 Å². The van der Waals surface area contributed by atoms with Gasteiger partial charge in [0.05, 0.1) is 13.2 Å². The molecule has 2 unspecified atom stereocenters. The fourth-order valence-corrected chi connectivity index (χ4v) is 1.12. The summed E-state index contributed by atoms with van der Waals surface area (Å²) >= 11 is 0. The number of hydrogen-bond acceptors (Lipinski definition) is 6. The van der Waals surface area contributed by atoms with Crippen LogP contribution in [0.15, 0.2) is 0 Å². The smallest absolute Gasteiger partial charge is 0.431 e. The Bertz CT molecular complexity index is 196. The van der Waals surface area contributed by atoms with Crippen molar-refractivity contribution in [3.05, 3.63) is 0 Å². The van der Waals surface area contributed by atoms with Crippen LogP contribution in [0, 0.1) is 0 Å². The van der Waals surface area contributed by atoms with Gasteiger partial charge in [-0.15, -0.1) is 0 Å². The van der Waals surface area contributed by atoms with Crippen molar-refractivity contribution in [2.45, 2.75) is 25.6 Å². The lowest BCUT2D eigenvalue weighted by Gasteiger charge is -2.17. The number of rotatable bonds is 9. The fourth-order valence-electron chi connectivity index (χ4n) is 1.12. The molecule has 6 heteroatoms. The average Bonchev–Trinajstić information content (AvgIpc) is 2.33. The lowest BCUT2D eigenvalue weighted by Crippen LogP contribution is -2.28. The van der Waals surface area contributed by atoms with Gasteiger partial charge < -0.3 is 23.7 Å². The fraction of sp³-hybridized carbons (Fsp3) is 0.909. The molecule has 0 aromatic rings. The van der Waals surface area contributed by atoms with E-state index in [-0.39, 0.29) is 18.8 Å². The molecule has 0 spiro atoms.